The van der Waals surface area contributed by atoms with Crippen molar-refractivity contribution in [3.8, 4) is 11.5 Å². The molecule has 0 saturated heterocycles. The van der Waals surface area contributed by atoms with Gasteiger partial charge in [-0.15, -0.1) is 10.2 Å². The van der Waals surface area contributed by atoms with Crippen molar-refractivity contribution in [1.29, 1.82) is 0 Å². The van der Waals surface area contributed by atoms with E-state index in [9.17, 15) is 8.42 Å². The van der Waals surface area contributed by atoms with Gasteiger partial charge in [0.05, 0.1) is 11.4 Å². The number of aryl methyl sites for hydroxylation is 2. The van der Waals surface area contributed by atoms with Gasteiger partial charge < -0.3 is 4.42 Å². The number of rotatable bonds is 6. The Hall–Kier alpha value is -2.22. The third-order valence-electron chi connectivity index (χ3n) is 4.72. The highest BCUT2D eigenvalue weighted by Crippen LogP contribution is 2.34. The third kappa shape index (κ3) is 3.83. The average Bonchev–Trinajstić information content (AvgIpc) is 3.37. The fraction of sp³-hybridized carbons (Fsp3) is 0.300. The smallest absolute Gasteiger partial charge is 0.247 e. The van der Waals surface area contributed by atoms with Crippen LogP contribution < -0.4 is 0 Å². The zero-order valence-electron chi connectivity index (χ0n) is 15.6. The van der Waals surface area contributed by atoms with Crippen LogP contribution in [0.2, 0.25) is 5.02 Å². The molecule has 0 unspecified atom stereocenters. The maximum Gasteiger partial charge on any atom is 0.247 e. The van der Waals surface area contributed by atoms with Crippen molar-refractivity contribution in [3.05, 3.63) is 64.5 Å². The Labute approximate surface area is 169 Å². The molecule has 3 aromatic rings. The van der Waals surface area contributed by atoms with Gasteiger partial charge in [0.1, 0.15) is 0 Å². The van der Waals surface area contributed by atoms with Crippen LogP contribution in [-0.2, 0) is 16.6 Å². The number of sulfonamides is 1. The second-order valence-corrected chi connectivity index (χ2v) is 9.35. The van der Waals surface area contributed by atoms with Gasteiger partial charge in [-0.25, -0.2) is 8.42 Å². The Morgan fingerprint density at radius 3 is 2.46 bits per heavy atom. The Bertz CT molecular complexity index is 1110. The van der Waals surface area contributed by atoms with Gasteiger partial charge in [0.2, 0.25) is 21.8 Å². The molecule has 0 spiro atoms. The van der Waals surface area contributed by atoms with Crippen LogP contribution >= 0.6 is 11.6 Å². The molecule has 0 aliphatic heterocycles. The lowest BCUT2D eigenvalue weighted by Crippen LogP contribution is -2.33. The van der Waals surface area contributed by atoms with Gasteiger partial charge in [0.15, 0.2) is 0 Å². The summed E-state index contributed by atoms with van der Waals surface area (Å²) in [7, 11) is -3.66. The second-order valence-electron chi connectivity index (χ2n) is 7.06. The van der Waals surface area contributed by atoms with E-state index in [0.29, 0.717) is 15.8 Å². The molecule has 1 aromatic heterocycles. The van der Waals surface area contributed by atoms with E-state index in [1.165, 1.54) is 4.31 Å². The summed E-state index contributed by atoms with van der Waals surface area (Å²) in [5, 5.41) is 8.72. The Balaban J connectivity index is 1.62. The standard InChI is InChI=1S/C20H20ClN3O3S/c1-13-3-10-18(14(2)11-13)28(25,26)24(17-8-9-17)12-19-22-23-20(27-19)15-4-6-16(21)7-5-15/h3-7,10-11,17H,8-9,12H2,1-2H3. The van der Waals surface area contributed by atoms with E-state index >= 15 is 0 Å². The molecule has 28 heavy (non-hydrogen) atoms. The maximum atomic E-state index is 13.3. The summed E-state index contributed by atoms with van der Waals surface area (Å²) in [5.41, 5.74) is 2.50. The van der Waals surface area contributed by atoms with Crippen molar-refractivity contribution in [2.45, 2.75) is 44.2 Å². The van der Waals surface area contributed by atoms with Crippen molar-refractivity contribution in [2.75, 3.05) is 0 Å². The number of hydrogen-bond acceptors (Lipinski definition) is 5. The molecule has 0 N–H and O–H groups in total. The molecule has 1 fully saturated rings. The number of benzene rings is 2. The number of hydrogen-bond donors (Lipinski definition) is 0. The first-order valence-corrected chi connectivity index (χ1v) is 10.8. The Morgan fingerprint density at radius 2 is 1.82 bits per heavy atom. The highest BCUT2D eigenvalue weighted by atomic mass is 35.5. The van der Waals surface area contributed by atoms with Crippen molar-refractivity contribution in [2.24, 2.45) is 0 Å². The fourth-order valence-corrected chi connectivity index (χ4v) is 5.12. The molecular weight excluding hydrogens is 398 g/mol. The molecule has 0 atom stereocenters. The topological polar surface area (TPSA) is 76.3 Å². The van der Waals surface area contributed by atoms with Gasteiger partial charge in [-0.1, -0.05) is 29.3 Å². The summed E-state index contributed by atoms with van der Waals surface area (Å²) in [5.74, 6) is 0.608. The normalized spacial score (nSPS) is 14.6. The zero-order valence-corrected chi connectivity index (χ0v) is 17.2. The summed E-state index contributed by atoms with van der Waals surface area (Å²) >= 11 is 5.91. The molecule has 1 aliphatic rings. The van der Waals surface area contributed by atoms with E-state index in [1.54, 1.807) is 30.3 Å². The third-order valence-corrected chi connectivity index (χ3v) is 7.03. The van der Waals surface area contributed by atoms with Gasteiger partial charge in [0.25, 0.3) is 0 Å². The lowest BCUT2D eigenvalue weighted by atomic mass is 10.2. The van der Waals surface area contributed by atoms with Crippen molar-refractivity contribution >= 4 is 21.6 Å². The number of halogens is 1. The van der Waals surface area contributed by atoms with Crippen LogP contribution in [-0.4, -0.2) is 29.0 Å². The monoisotopic (exact) mass is 417 g/mol. The predicted octanol–water partition coefficient (Wildman–Crippen LogP) is 4.36. The quantitative estimate of drug-likeness (QED) is 0.595. The molecule has 146 valence electrons. The number of aromatic nitrogens is 2. The van der Waals surface area contributed by atoms with E-state index in [1.807, 2.05) is 26.0 Å². The van der Waals surface area contributed by atoms with E-state index < -0.39 is 10.0 Å². The van der Waals surface area contributed by atoms with Crippen molar-refractivity contribution in [1.82, 2.24) is 14.5 Å². The van der Waals surface area contributed by atoms with Crippen LogP contribution in [0.1, 0.15) is 29.9 Å². The van der Waals surface area contributed by atoms with E-state index in [-0.39, 0.29) is 18.5 Å². The molecule has 0 bridgehead atoms. The summed E-state index contributed by atoms with van der Waals surface area (Å²) < 4.78 is 33.8. The number of nitrogens with zero attached hydrogens (tertiary/aromatic N) is 3. The summed E-state index contributed by atoms with van der Waals surface area (Å²) in [6.07, 6.45) is 1.67. The lowest BCUT2D eigenvalue weighted by Gasteiger charge is -2.21. The zero-order chi connectivity index (χ0) is 19.9. The van der Waals surface area contributed by atoms with E-state index in [2.05, 4.69) is 10.2 Å². The minimum absolute atomic E-state index is 0.0309. The first-order valence-electron chi connectivity index (χ1n) is 9.02. The average molecular weight is 418 g/mol. The summed E-state index contributed by atoms with van der Waals surface area (Å²) in [6, 6.07) is 12.4. The first kappa shape index (κ1) is 19.1. The summed E-state index contributed by atoms with van der Waals surface area (Å²) in [4.78, 5) is 0.322. The molecule has 4 rings (SSSR count). The van der Waals surface area contributed by atoms with Crippen LogP contribution in [0.15, 0.2) is 51.8 Å². The molecule has 2 aromatic carbocycles. The lowest BCUT2D eigenvalue weighted by molar-refractivity contribution is 0.351. The van der Waals surface area contributed by atoms with Crippen molar-refractivity contribution < 1.29 is 12.8 Å². The highest BCUT2D eigenvalue weighted by molar-refractivity contribution is 7.89. The fourth-order valence-electron chi connectivity index (χ4n) is 3.15. The molecule has 1 saturated carbocycles. The van der Waals surface area contributed by atoms with Crippen LogP contribution in [0.4, 0.5) is 0 Å². The molecule has 0 amide bonds. The highest BCUT2D eigenvalue weighted by Gasteiger charge is 2.39. The van der Waals surface area contributed by atoms with E-state index in [0.717, 1.165) is 29.5 Å². The molecular formula is C20H20ClN3O3S. The van der Waals surface area contributed by atoms with E-state index in [4.69, 9.17) is 16.0 Å². The molecule has 8 heteroatoms. The minimum Gasteiger partial charge on any atom is -0.419 e. The summed E-state index contributed by atoms with van der Waals surface area (Å²) in [6.45, 7) is 3.82. The molecule has 1 heterocycles. The Kier molecular flexibility index (Phi) is 4.99. The first-order chi connectivity index (χ1) is 13.3. The van der Waals surface area contributed by atoms with Gasteiger partial charge in [-0.3, -0.25) is 0 Å². The Morgan fingerprint density at radius 1 is 1.11 bits per heavy atom. The van der Waals surface area contributed by atoms with Crippen molar-refractivity contribution in [3.63, 3.8) is 0 Å². The van der Waals surface area contributed by atoms with Crippen LogP contribution in [0.25, 0.3) is 11.5 Å². The molecule has 6 nitrogen and oxygen atoms in total. The van der Waals surface area contributed by atoms with Crippen LogP contribution in [0.3, 0.4) is 0 Å². The largest absolute Gasteiger partial charge is 0.419 e. The van der Waals surface area contributed by atoms with Crippen LogP contribution in [0, 0.1) is 13.8 Å². The SMILES string of the molecule is Cc1ccc(S(=O)(=O)N(Cc2nnc(-c3ccc(Cl)cc3)o2)C2CC2)c(C)c1. The van der Waals surface area contributed by atoms with Gasteiger partial charge in [-0.2, -0.15) is 4.31 Å². The predicted molar refractivity (Wildman–Crippen MR) is 106 cm³/mol. The van der Waals surface area contributed by atoms with Gasteiger partial charge >= 0.3 is 0 Å². The molecule has 1 aliphatic carbocycles. The van der Waals surface area contributed by atoms with Crippen LogP contribution in [0.5, 0.6) is 0 Å². The maximum absolute atomic E-state index is 13.3. The second kappa shape index (κ2) is 7.31. The minimum atomic E-state index is -3.66. The van der Waals surface area contributed by atoms with Gasteiger partial charge in [-0.05, 0) is 62.6 Å². The van der Waals surface area contributed by atoms with Gasteiger partial charge in [0, 0.05) is 16.6 Å². The molecule has 0 radical (unpaired) electrons.